The molecular formula is C19H28N2O3. The summed E-state index contributed by atoms with van der Waals surface area (Å²) in [7, 11) is 0. The molecule has 0 atom stereocenters. The average Bonchev–Trinajstić information content (AvgIpc) is 2.48. The van der Waals surface area contributed by atoms with Crippen LogP contribution in [0.4, 0.5) is 10.5 Å². The van der Waals surface area contributed by atoms with Gasteiger partial charge in [0.15, 0.2) is 0 Å². The van der Waals surface area contributed by atoms with E-state index in [1.54, 1.807) is 0 Å². The van der Waals surface area contributed by atoms with Crippen LogP contribution in [0.2, 0.25) is 0 Å². The monoisotopic (exact) mass is 332 g/mol. The smallest absolute Gasteiger partial charge is 0.408 e. The number of anilines is 1. The summed E-state index contributed by atoms with van der Waals surface area (Å²) in [5.74, 6) is -0.170. The third-order valence-corrected chi connectivity index (χ3v) is 4.19. The van der Waals surface area contributed by atoms with E-state index in [0.29, 0.717) is 12.8 Å². The molecule has 0 aromatic heterocycles. The van der Waals surface area contributed by atoms with E-state index >= 15 is 0 Å². The van der Waals surface area contributed by atoms with Gasteiger partial charge in [0.25, 0.3) is 0 Å². The SMILES string of the molecule is Cc1ccc(NC(=O)C2(NC(=O)OC(C)(C)C)CCCCC2)cc1. The van der Waals surface area contributed by atoms with E-state index in [1.165, 1.54) is 0 Å². The lowest BCUT2D eigenvalue weighted by atomic mass is 9.81. The van der Waals surface area contributed by atoms with Crippen molar-refractivity contribution in [1.82, 2.24) is 5.32 Å². The molecule has 1 aliphatic rings. The molecule has 2 amide bonds. The van der Waals surface area contributed by atoms with Gasteiger partial charge in [-0.2, -0.15) is 0 Å². The van der Waals surface area contributed by atoms with Crippen molar-refractivity contribution in [3.63, 3.8) is 0 Å². The van der Waals surface area contributed by atoms with Gasteiger partial charge in [-0.25, -0.2) is 4.79 Å². The quantitative estimate of drug-likeness (QED) is 0.873. The number of hydrogen-bond donors (Lipinski definition) is 2. The van der Waals surface area contributed by atoms with Gasteiger partial charge in [-0.3, -0.25) is 4.79 Å². The molecule has 1 aromatic rings. The number of ether oxygens (including phenoxy) is 1. The predicted molar refractivity (Wildman–Crippen MR) is 95.0 cm³/mol. The first-order valence-corrected chi connectivity index (χ1v) is 8.59. The Hall–Kier alpha value is -2.04. The summed E-state index contributed by atoms with van der Waals surface area (Å²) in [5, 5.41) is 5.79. The standard InChI is InChI=1S/C19H28N2O3/c1-14-8-10-15(11-9-14)20-16(22)19(12-6-5-7-13-19)21-17(23)24-18(2,3)4/h8-11H,5-7,12-13H2,1-4H3,(H,20,22)(H,21,23). The minimum atomic E-state index is -0.897. The molecule has 0 aliphatic heterocycles. The molecule has 0 saturated heterocycles. The zero-order valence-electron chi connectivity index (χ0n) is 15.1. The van der Waals surface area contributed by atoms with Crippen molar-refractivity contribution < 1.29 is 14.3 Å². The molecule has 0 bridgehead atoms. The highest BCUT2D eigenvalue weighted by Crippen LogP contribution is 2.30. The number of amides is 2. The summed E-state index contributed by atoms with van der Waals surface area (Å²) in [6.45, 7) is 7.43. The van der Waals surface area contributed by atoms with E-state index < -0.39 is 17.2 Å². The molecule has 5 nitrogen and oxygen atoms in total. The topological polar surface area (TPSA) is 67.4 Å². The Morgan fingerprint density at radius 1 is 1.04 bits per heavy atom. The van der Waals surface area contributed by atoms with E-state index in [4.69, 9.17) is 4.74 Å². The first-order valence-electron chi connectivity index (χ1n) is 8.59. The number of hydrogen-bond acceptors (Lipinski definition) is 3. The van der Waals surface area contributed by atoms with Gasteiger partial charge in [0, 0.05) is 5.69 Å². The molecule has 0 radical (unpaired) electrons. The molecule has 0 unspecified atom stereocenters. The average molecular weight is 332 g/mol. The Bertz CT molecular complexity index is 582. The van der Waals surface area contributed by atoms with Crippen LogP contribution in [0, 0.1) is 6.92 Å². The lowest BCUT2D eigenvalue weighted by molar-refractivity contribution is -0.123. The van der Waals surface area contributed by atoms with E-state index in [2.05, 4.69) is 10.6 Å². The number of alkyl carbamates (subject to hydrolysis) is 1. The maximum atomic E-state index is 12.9. The highest BCUT2D eigenvalue weighted by atomic mass is 16.6. The van der Waals surface area contributed by atoms with Crippen LogP contribution >= 0.6 is 0 Å². The minimum Gasteiger partial charge on any atom is -0.444 e. The summed E-state index contributed by atoms with van der Waals surface area (Å²) in [4.78, 5) is 25.1. The summed E-state index contributed by atoms with van der Waals surface area (Å²) in [6.07, 6.45) is 3.63. The first kappa shape index (κ1) is 18.3. The van der Waals surface area contributed by atoms with E-state index in [1.807, 2.05) is 52.0 Å². The van der Waals surface area contributed by atoms with Gasteiger partial charge in [-0.1, -0.05) is 37.0 Å². The molecular weight excluding hydrogens is 304 g/mol. The summed E-state index contributed by atoms with van der Waals surface area (Å²) in [6, 6.07) is 7.64. The normalized spacial score (nSPS) is 17.0. The zero-order valence-corrected chi connectivity index (χ0v) is 15.1. The molecule has 0 spiro atoms. The molecule has 5 heteroatoms. The van der Waals surface area contributed by atoms with Crippen LogP contribution in [0.1, 0.15) is 58.4 Å². The Kier molecular flexibility index (Phi) is 5.52. The summed E-state index contributed by atoms with van der Waals surface area (Å²) in [5.41, 5.74) is 0.382. The summed E-state index contributed by atoms with van der Waals surface area (Å²) >= 11 is 0. The van der Waals surface area contributed by atoms with Crippen LogP contribution in [-0.2, 0) is 9.53 Å². The Morgan fingerprint density at radius 2 is 1.62 bits per heavy atom. The zero-order chi connectivity index (χ0) is 17.8. The van der Waals surface area contributed by atoms with Crippen LogP contribution in [-0.4, -0.2) is 23.1 Å². The van der Waals surface area contributed by atoms with Crippen LogP contribution in [0.5, 0.6) is 0 Å². The van der Waals surface area contributed by atoms with Gasteiger partial charge < -0.3 is 15.4 Å². The largest absolute Gasteiger partial charge is 0.444 e. The molecule has 0 heterocycles. The van der Waals surface area contributed by atoms with Gasteiger partial charge >= 0.3 is 6.09 Å². The number of carbonyl (C=O) groups is 2. The van der Waals surface area contributed by atoms with Gasteiger partial charge in [-0.15, -0.1) is 0 Å². The van der Waals surface area contributed by atoms with E-state index in [0.717, 1.165) is 30.5 Å². The van der Waals surface area contributed by atoms with Crippen molar-refractivity contribution >= 4 is 17.7 Å². The molecule has 2 rings (SSSR count). The maximum Gasteiger partial charge on any atom is 0.408 e. The van der Waals surface area contributed by atoms with Crippen LogP contribution in [0.3, 0.4) is 0 Å². The highest BCUT2D eigenvalue weighted by Gasteiger charge is 2.42. The number of carbonyl (C=O) groups excluding carboxylic acids is 2. The van der Waals surface area contributed by atoms with Gasteiger partial charge in [-0.05, 0) is 52.7 Å². The van der Waals surface area contributed by atoms with Crippen molar-refractivity contribution in [2.45, 2.75) is 70.9 Å². The molecule has 1 saturated carbocycles. The molecule has 2 N–H and O–H groups in total. The third-order valence-electron chi connectivity index (χ3n) is 4.19. The van der Waals surface area contributed by atoms with Crippen LogP contribution in [0.25, 0.3) is 0 Å². The fourth-order valence-electron chi connectivity index (χ4n) is 2.95. The van der Waals surface area contributed by atoms with E-state index in [9.17, 15) is 9.59 Å². The Morgan fingerprint density at radius 3 is 2.17 bits per heavy atom. The number of nitrogens with one attached hydrogen (secondary N) is 2. The Balaban J connectivity index is 2.12. The highest BCUT2D eigenvalue weighted by molar-refractivity contribution is 6.00. The second-order valence-electron chi connectivity index (χ2n) is 7.59. The second kappa shape index (κ2) is 7.24. The van der Waals surface area contributed by atoms with Crippen LogP contribution in [0.15, 0.2) is 24.3 Å². The van der Waals surface area contributed by atoms with Gasteiger partial charge in [0.1, 0.15) is 11.1 Å². The maximum absolute atomic E-state index is 12.9. The fraction of sp³-hybridized carbons (Fsp3) is 0.579. The van der Waals surface area contributed by atoms with Crippen molar-refractivity contribution in [3.8, 4) is 0 Å². The number of benzene rings is 1. The van der Waals surface area contributed by atoms with Crippen molar-refractivity contribution in [1.29, 1.82) is 0 Å². The van der Waals surface area contributed by atoms with Gasteiger partial charge in [0.05, 0.1) is 0 Å². The second-order valence-corrected chi connectivity index (χ2v) is 7.59. The number of aryl methyl sites for hydroxylation is 1. The minimum absolute atomic E-state index is 0.170. The lowest BCUT2D eigenvalue weighted by Gasteiger charge is -2.37. The van der Waals surface area contributed by atoms with Crippen molar-refractivity contribution in [3.05, 3.63) is 29.8 Å². The molecule has 1 fully saturated rings. The lowest BCUT2D eigenvalue weighted by Crippen LogP contribution is -2.58. The predicted octanol–water partition coefficient (Wildman–Crippen LogP) is 4.16. The van der Waals surface area contributed by atoms with E-state index in [-0.39, 0.29) is 5.91 Å². The molecule has 132 valence electrons. The Labute approximate surface area is 144 Å². The summed E-state index contributed by atoms with van der Waals surface area (Å²) < 4.78 is 5.35. The fourth-order valence-corrected chi connectivity index (χ4v) is 2.95. The van der Waals surface area contributed by atoms with Crippen LogP contribution < -0.4 is 10.6 Å². The number of rotatable bonds is 3. The molecule has 1 aliphatic carbocycles. The molecule has 24 heavy (non-hydrogen) atoms. The third kappa shape index (κ3) is 4.98. The first-order chi connectivity index (χ1) is 11.2. The van der Waals surface area contributed by atoms with Crippen molar-refractivity contribution in [2.24, 2.45) is 0 Å². The molecule has 1 aromatic carbocycles. The van der Waals surface area contributed by atoms with Gasteiger partial charge in [0.2, 0.25) is 5.91 Å². The van der Waals surface area contributed by atoms with Crippen molar-refractivity contribution in [2.75, 3.05) is 5.32 Å².